The molecule has 2 rings (SSSR count). The molecule has 0 saturated carbocycles. The van der Waals surface area contributed by atoms with Gasteiger partial charge in [0.15, 0.2) is 0 Å². The minimum atomic E-state index is -0.104. The fourth-order valence-electron chi connectivity index (χ4n) is 2.06. The molecule has 0 aliphatic carbocycles. The predicted molar refractivity (Wildman–Crippen MR) is 87.2 cm³/mol. The third-order valence-electron chi connectivity index (χ3n) is 3.22. The molecular formula is C16H20N2O3S. The first-order chi connectivity index (χ1) is 10.7. The number of carbonyl (C=O) groups excluding carboxylic acids is 1. The number of aromatic nitrogens is 1. The minimum absolute atomic E-state index is 0.0636. The number of nitrogens with zero attached hydrogens (tertiary/aromatic N) is 2. The first-order valence-corrected chi connectivity index (χ1v) is 7.95. The molecule has 6 heteroatoms. The number of aryl methyl sites for hydroxylation is 1. The van der Waals surface area contributed by atoms with Crippen LogP contribution < -0.4 is 0 Å². The summed E-state index contributed by atoms with van der Waals surface area (Å²) in [4.78, 5) is 18.5. The maximum Gasteiger partial charge on any atom is 0.254 e. The molecule has 118 valence electrons. The van der Waals surface area contributed by atoms with Crippen molar-refractivity contribution in [3.05, 3.63) is 40.9 Å². The molecule has 2 aromatic rings. The van der Waals surface area contributed by atoms with E-state index in [2.05, 4.69) is 4.98 Å². The average molecular weight is 320 g/mol. The molecule has 5 nitrogen and oxygen atoms in total. The number of carbonyl (C=O) groups is 1. The van der Waals surface area contributed by atoms with Crippen LogP contribution in [0.5, 0.6) is 0 Å². The van der Waals surface area contributed by atoms with Crippen LogP contribution in [0.1, 0.15) is 16.1 Å². The summed E-state index contributed by atoms with van der Waals surface area (Å²) in [6.45, 7) is 3.10. The van der Waals surface area contributed by atoms with Gasteiger partial charge < -0.3 is 14.7 Å². The second kappa shape index (κ2) is 8.03. The Balaban J connectivity index is 2.12. The molecule has 1 amide bonds. The van der Waals surface area contributed by atoms with Crippen LogP contribution in [-0.4, -0.2) is 54.3 Å². The Morgan fingerprint density at radius 1 is 1.32 bits per heavy atom. The summed E-state index contributed by atoms with van der Waals surface area (Å²) >= 11 is 1.59. The Morgan fingerprint density at radius 3 is 2.59 bits per heavy atom. The van der Waals surface area contributed by atoms with Gasteiger partial charge in [-0.05, 0) is 19.1 Å². The van der Waals surface area contributed by atoms with Crippen LogP contribution in [-0.2, 0) is 4.74 Å². The molecule has 0 bridgehead atoms. The highest BCUT2D eigenvalue weighted by Crippen LogP contribution is 2.24. The van der Waals surface area contributed by atoms with Crippen molar-refractivity contribution in [2.75, 3.05) is 33.4 Å². The SMILES string of the molecule is COCCN(CCO)C(=O)c1ccc(-c2nc(C)cs2)cc1. The first-order valence-electron chi connectivity index (χ1n) is 7.07. The lowest BCUT2D eigenvalue weighted by atomic mass is 10.1. The zero-order valence-electron chi connectivity index (χ0n) is 12.8. The number of methoxy groups -OCH3 is 1. The maximum atomic E-state index is 12.4. The number of hydrogen-bond donors (Lipinski definition) is 1. The molecule has 0 atom stereocenters. The summed E-state index contributed by atoms with van der Waals surface area (Å²) in [5.41, 5.74) is 2.59. The molecule has 0 aliphatic heterocycles. The third-order valence-corrected chi connectivity index (χ3v) is 4.23. The molecule has 1 aromatic heterocycles. The van der Waals surface area contributed by atoms with Gasteiger partial charge in [-0.15, -0.1) is 11.3 Å². The van der Waals surface area contributed by atoms with Gasteiger partial charge in [-0.2, -0.15) is 0 Å². The van der Waals surface area contributed by atoms with Crippen molar-refractivity contribution in [1.82, 2.24) is 9.88 Å². The normalized spacial score (nSPS) is 10.7. The van der Waals surface area contributed by atoms with E-state index in [1.54, 1.807) is 35.5 Å². The number of aliphatic hydroxyl groups is 1. The molecule has 22 heavy (non-hydrogen) atoms. The molecule has 1 N–H and O–H groups in total. The van der Waals surface area contributed by atoms with E-state index < -0.39 is 0 Å². The zero-order valence-corrected chi connectivity index (χ0v) is 13.6. The van der Waals surface area contributed by atoms with E-state index in [-0.39, 0.29) is 12.5 Å². The third kappa shape index (κ3) is 4.13. The first kappa shape index (κ1) is 16.6. The Bertz CT molecular complexity index is 610. The number of benzene rings is 1. The lowest BCUT2D eigenvalue weighted by Gasteiger charge is -2.21. The molecule has 0 aliphatic rings. The van der Waals surface area contributed by atoms with Crippen LogP contribution in [0, 0.1) is 6.92 Å². The zero-order chi connectivity index (χ0) is 15.9. The Morgan fingerprint density at radius 2 is 2.05 bits per heavy atom. The summed E-state index contributed by atoms with van der Waals surface area (Å²) in [5, 5.41) is 12.0. The van der Waals surface area contributed by atoms with E-state index in [9.17, 15) is 4.79 Å². The van der Waals surface area contributed by atoms with Gasteiger partial charge in [0.2, 0.25) is 0 Å². The molecule has 0 spiro atoms. The summed E-state index contributed by atoms with van der Waals surface area (Å²) in [6, 6.07) is 7.40. The van der Waals surface area contributed by atoms with Crippen LogP contribution >= 0.6 is 11.3 Å². The summed E-state index contributed by atoms with van der Waals surface area (Å²) in [5.74, 6) is -0.104. The predicted octanol–water partition coefficient (Wildman–Crippen LogP) is 2.20. The number of rotatable bonds is 7. The quantitative estimate of drug-likeness (QED) is 0.849. The molecule has 1 heterocycles. The highest BCUT2D eigenvalue weighted by molar-refractivity contribution is 7.13. The van der Waals surface area contributed by atoms with Crippen LogP contribution in [0.15, 0.2) is 29.6 Å². The number of thiazole rings is 1. The standard InChI is InChI=1S/C16H20N2O3S/c1-12-11-22-15(17-12)13-3-5-14(6-4-13)16(20)18(7-9-19)8-10-21-2/h3-6,11,19H,7-10H2,1-2H3. The minimum Gasteiger partial charge on any atom is -0.395 e. The van der Waals surface area contributed by atoms with Crippen molar-refractivity contribution in [3.63, 3.8) is 0 Å². The smallest absolute Gasteiger partial charge is 0.254 e. The largest absolute Gasteiger partial charge is 0.395 e. The van der Waals surface area contributed by atoms with Gasteiger partial charge in [-0.25, -0.2) is 4.98 Å². The molecule has 0 radical (unpaired) electrons. The van der Waals surface area contributed by atoms with Crippen LogP contribution in [0.25, 0.3) is 10.6 Å². The number of ether oxygens (including phenoxy) is 1. The Kier molecular flexibility index (Phi) is 6.06. The van der Waals surface area contributed by atoms with Gasteiger partial charge in [0, 0.05) is 42.4 Å². The van der Waals surface area contributed by atoms with Crippen LogP contribution in [0.4, 0.5) is 0 Å². The molecule has 0 unspecified atom stereocenters. The second-order valence-corrected chi connectivity index (χ2v) is 5.74. The summed E-state index contributed by atoms with van der Waals surface area (Å²) < 4.78 is 5.00. The molecule has 1 aromatic carbocycles. The molecule has 0 fully saturated rings. The Labute approximate surface area is 134 Å². The van der Waals surface area contributed by atoms with Crippen molar-refractivity contribution < 1.29 is 14.6 Å². The van der Waals surface area contributed by atoms with Gasteiger partial charge in [-0.1, -0.05) is 12.1 Å². The van der Waals surface area contributed by atoms with Crippen molar-refractivity contribution in [1.29, 1.82) is 0 Å². The van der Waals surface area contributed by atoms with E-state index in [1.165, 1.54) is 0 Å². The van der Waals surface area contributed by atoms with Gasteiger partial charge >= 0.3 is 0 Å². The lowest BCUT2D eigenvalue weighted by molar-refractivity contribution is 0.0656. The maximum absolute atomic E-state index is 12.4. The highest BCUT2D eigenvalue weighted by Gasteiger charge is 2.15. The van der Waals surface area contributed by atoms with Crippen molar-refractivity contribution in [2.24, 2.45) is 0 Å². The van der Waals surface area contributed by atoms with E-state index in [1.807, 2.05) is 24.4 Å². The van der Waals surface area contributed by atoms with Crippen LogP contribution in [0.3, 0.4) is 0 Å². The van der Waals surface area contributed by atoms with Gasteiger partial charge in [0.25, 0.3) is 5.91 Å². The van der Waals surface area contributed by atoms with E-state index >= 15 is 0 Å². The van der Waals surface area contributed by atoms with Crippen molar-refractivity contribution in [2.45, 2.75) is 6.92 Å². The summed E-state index contributed by atoms with van der Waals surface area (Å²) in [6.07, 6.45) is 0. The van der Waals surface area contributed by atoms with Gasteiger partial charge in [0.05, 0.1) is 13.2 Å². The molecular weight excluding hydrogens is 300 g/mol. The van der Waals surface area contributed by atoms with Gasteiger partial charge in [-0.3, -0.25) is 4.79 Å². The van der Waals surface area contributed by atoms with Crippen molar-refractivity contribution in [3.8, 4) is 10.6 Å². The summed E-state index contributed by atoms with van der Waals surface area (Å²) in [7, 11) is 1.59. The average Bonchev–Trinajstić information content (AvgIpc) is 2.97. The van der Waals surface area contributed by atoms with Crippen LogP contribution in [0.2, 0.25) is 0 Å². The number of aliphatic hydroxyl groups excluding tert-OH is 1. The Hall–Kier alpha value is -1.76. The van der Waals surface area contributed by atoms with E-state index in [4.69, 9.17) is 9.84 Å². The van der Waals surface area contributed by atoms with E-state index in [0.717, 1.165) is 16.3 Å². The highest BCUT2D eigenvalue weighted by atomic mass is 32.1. The second-order valence-electron chi connectivity index (χ2n) is 4.88. The molecule has 0 saturated heterocycles. The fraction of sp³-hybridized carbons (Fsp3) is 0.375. The number of hydrogen-bond acceptors (Lipinski definition) is 5. The van der Waals surface area contributed by atoms with Gasteiger partial charge in [0.1, 0.15) is 5.01 Å². The lowest BCUT2D eigenvalue weighted by Crippen LogP contribution is -2.36. The van der Waals surface area contributed by atoms with E-state index in [0.29, 0.717) is 25.3 Å². The monoisotopic (exact) mass is 320 g/mol. The fourth-order valence-corrected chi connectivity index (χ4v) is 2.87. The number of amides is 1. The topological polar surface area (TPSA) is 62.7 Å². The van der Waals surface area contributed by atoms with Crippen molar-refractivity contribution >= 4 is 17.2 Å².